The lowest BCUT2D eigenvalue weighted by Crippen LogP contribution is -2.50. The molecule has 0 spiro atoms. The van der Waals surface area contributed by atoms with Crippen molar-refractivity contribution < 1.29 is 9.53 Å². The summed E-state index contributed by atoms with van der Waals surface area (Å²) in [6.45, 7) is 5.07. The highest BCUT2D eigenvalue weighted by Crippen LogP contribution is 2.38. The number of hydrogen-bond acceptors (Lipinski definition) is 4. The van der Waals surface area contributed by atoms with E-state index in [1.54, 1.807) is 6.20 Å². The van der Waals surface area contributed by atoms with Crippen molar-refractivity contribution in [2.75, 3.05) is 26.3 Å². The van der Waals surface area contributed by atoms with Crippen LogP contribution in [0.1, 0.15) is 48.9 Å². The van der Waals surface area contributed by atoms with Gasteiger partial charge in [0.1, 0.15) is 0 Å². The lowest BCUT2D eigenvalue weighted by atomic mass is 9.72. The Morgan fingerprint density at radius 2 is 1.94 bits per heavy atom. The Morgan fingerprint density at radius 3 is 2.75 bits per heavy atom. The van der Waals surface area contributed by atoms with Crippen LogP contribution in [0.15, 0.2) is 49.1 Å². The van der Waals surface area contributed by atoms with Crippen molar-refractivity contribution in [3.8, 4) is 0 Å². The number of likely N-dealkylation sites (tertiary alicyclic amines) is 1. The quantitative estimate of drug-likeness (QED) is 0.626. The van der Waals surface area contributed by atoms with Gasteiger partial charge in [0.2, 0.25) is 5.91 Å². The number of carbonyl (C=O) groups excluding carboxylic acids is 1. The first kappa shape index (κ1) is 21.1. The van der Waals surface area contributed by atoms with Crippen LogP contribution < -0.4 is 0 Å². The zero-order valence-corrected chi connectivity index (χ0v) is 18.9. The number of imidazole rings is 1. The van der Waals surface area contributed by atoms with Crippen LogP contribution >= 0.6 is 0 Å². The molecule has 4 heterocycles. The van der Waals surface area contributed by atoms with Gasteiger partial charge in [0.25, 0.3) is 0 Å². The van der Waals surface area contributed by atoms with E-state index < -0.39 is 5.41 Å². The fourth-order valence-electron chi connectivity index (χ4n) is 5.36. The Hall–Kier alpha value is -2.73. The van der Waals surface area contributed by atoms with Gasteiger partial charge in [-0.25, -0.2) is 4.98 Å². The molecule has 0 saturated carbocycles. The number of carbonyl (C=O) groups is 1. The van der Waals surface area contributed by atoms with Crippen LogP contribution in [-0.2, 0) is 21.4 Å². The average molecular weight is 433 g/mol. The Bertz CT molecular complexity index is 1070. The van der Waals surface area contributed by atoms with Gasteiger partial charge in [-0.2, -0.15) is 0 Å². The van der Waals surface area contributed by atoms with Crippen LogP contribution in [0.2, 0.25) is 0 Å². The molecule has 168 valence electrons. The molecule has 0 unspecified atom stereocenters. The fourth-order valence-corrected chi connectivity index (χ4v) is 5.36. The average Bonchev–Trinajstić information content (AvgIpc) is 3.17. The summed E-state index contributed by atoms with van der Waals surface area (Å²) in [6, 6.07) is 8.55. The number of hydrogen-bond donors (Lipinski definition) is 0. The molecular formula is C26H32N4O2. The number of aromatic nitrogens is 3. The summed E-state index contributed by atoms with van der Waals surface area (Å²) < 4.78 is 7.69. The van der Waals surface area contributed by atoms with E-state index in [-0.39, 0.29) is 0 Å². The standard InChI is InChI=1S/C26H32N4O2/c1-20-4-6-22(7-5-20)26(9-15-32-16-10-26)25(31)29-12-2-3-21(8-13-29)17-23-19-30-14-11-27-24(30)18-28-23/h4-7,11,14,18-19,21H,2-3,8-10,12-13,15-17H2,1H3/t21-/m0/s1. The van der Waals surface area contributed by atoms with Gasteiger partial charge in [-0.1, -0.05) is 29.8 Å². The Morgan fingerprint density at radius 1 is 1.12 bits per heavy atom. The Kier molecular flexibility index (Phi) is 5.96. The first-order valence-electron chi connectivity index (χ1n) is 11.9. The van der Waals surface area contributed by atoms with Crippen LogP contribution in [-0.4, -0.2) is 51.5 Å². The molecule has 2 aliphatic rings. The lowest BCUT2D eigenvalue weighted by molar-refractivity contribution is -0.141. The normalized spacial score (nSPS) is 21.4. The van der Waals surface area contributed by atoms with Gasteiger partial charge in [0.05, 0.1) is 17.3 Å². The van der Waals surface area contributed by atoms with E-state index in [1.165, 1.54) is 5.56 Å². The number of rotatable bonds is 4. The summed E-state index contributed by atoms with van der Waals surface area (Å²) in [5.41, 5.74) is 3.91. The van der Waals surface area contributed by atoms with E-state index in [0.29, 0.717) is 25.0 Å². The number of ether oxygens (including phenoxy) is 1. The molecule has 1 amide bonds. The maximum absolute atomic E-state index is 13.9. The number of aryl methyl sites for hydroxylation is 1. The van der Waals surface area contributed by atoms with Crippen LogP contribution in [0.25, 0.3) is 5.65 Å². The van der Waals surface area contributed by atoms with Gasteiger partial charge in [0.15, 0.2) is 5.65 Å². The minimum Gasteiger partial charge on any atom is -0.381 e. The van der Waals surface area contributed by atoms with Crippen molar-refractivity contribution in [1.82, 2.24) is 19.3 Å². The highest BCUT2D eigenvalue weighted by Gasteiger charge is 2.44. The second kappa shape index (κ2) is 9.02. The van der Waals surface area contributed by atoms with E-state index >= 15 is 0 Å². The number of benzene rings is 1. The largest absolute Gasteiger partial charge is 0.381 e. The maximum atomic E-state index is 13.9. The molecule has 0 aliphatic carbocycles. The minimum absolute atomic E-state index is 0.295. The van der Waals surface area contributed by atoms with Crippen molar-refractivity contribution in [2.24, 2.45) is 5.92 Å². The molecule has 1 aromatic carbocycles. The van der Waals surface area contributed by atoms with Crippen molar-refractivity contribution in [2.45, 2.75) is 50.9 Å². The Balaban J connectivity index is 1.30. The summed E-state index contributed by atoms with van der Waals surface area (Å²) in [5.74, 6) is 0.842. The van der Waals surface area contributed by atoms with E-state index in [2.05, 4.69) is 52.3 Å². The van der Waals surface area contributed by atoms with Crippen LogP contribution in [0.5, 0.6) is 0 Å². The van der Waals surface area contributed by atoms with Crippen molar-refractivity contribution in [1.29, 1.82) is 0 Å². The van der Waals surface area contributed by atoms with Gasteiger partial charge in [-0.15, -0.1) is 0 Å². The van der Waals surface area contributed by atoms with Gasteiger partial charge < -0.3 is 14.0 Å². The van der Waals surface area contributed by atoms with E-state index in [1.807, 2.05) is 16.8 Å². The molecule has 0 radical (unpaired) electrons. The second-order valence-corrected chi connectivity index (χ2v) is 9.43. The topological polar surface area (TPSA) is 59.7 Å². The van der Waals surface area contributed by atoms with Gasteiger partial charge >= 0.3 is 0 Å². The second-order valence-electron chi connectivity index (χ2n) is 9.43. The van der Waals surface area contributed by atoms with Crippen LogP contribution in [0.4, 0.5) is 0 Å². The van der Waals surface area contributed by atoms with E-state index in [0.717, 1.165) is 68.5 Å². The molecule has 2 saturated heterocycles. The molecular weight excluding hydrogens is 400 g/mol. The van der Waals surface area contributed by atoms with Crippen molar-refractivity contribution in [3.63, 3.8) is 0 Å². The number of amides is 1. The zero-order chi connectivity index (χ0) is 22.0. The van der Waals surface area contributed by atoms with Crippen molar-refractivity contribution in [3.05, 3.63) is 65.9 Å². The molecule has 3 aromatic rings. The minimum atomic E-state index is -0.445. The predicted octanol–water partition coefficient (Wildman–Crippen LogP) is 3.96. The molecule has 1 atom stereocenters. The predicted molar refractivity (Wildman–Crippen MR) is 124 cm³/mol. The number of nitrogens with zero attached hydrogens (tertiary/aromatic N) is 4. The Labute approximate surface area is 189 Å². The molecule has 2 aliphatic heterocycles. The molecule has 2 aromatic heterocycles. The summed E-state index contributed by atoms with van der Waals surface area (Å²) >= 11 is 0. The maximum Gasteiger partial charge on any atom is 0.233 e. The monoisotopic (exact) mass is 432 g/mol. The molecule has 0 bridgehead atoms. The lowest BCUT2D eigenvalue weighted by Gasteiger charge is -2.40. The molecule has 32 heavy (non-hydrogen) atoms. The zero-order valence-electron chi connectivity index (χ0n) is 18.9. The first-order valence-corrected chi connectivity index (χ1v) is 11.9. The van der Waals surface area contributed by atoms with Gasteiger partial charge in [-0.05, 0) is 56.9 Å². The molecule has 0 N–H and O–H groups in total. The first-order chi connectivity index (χ1) is 15.6. The molecule has 2 fully saturated rings. The van der Waals surface area contributed by atoms with Crippen molar-refractivity contribution >= 4 is 11.6 Å². The third kappa shape index (κ3) is 4.16. The summed E-state index contributed by atoms with van der Waals surface area (Å²) in [5, 5.41) is 0. The molecule has 6 heteroatoms. The van der Waals surface area contributed by atoms with E-state index in [4.69, 9.17) is 4.74 Å². The SMILES string of the molecule is Cc1ccc(C2(C(=O)N3CCC[C@H](Cc4cn5ccnc5cn4)CC3)CCOCC2)cc1. The summed E-state index contributed by atoms with van der Waals surface area (Å²) in [6.07, 6.45) is 13.4. The third-order valence-electron chi connectivity index (χ3n) is 7.33. The summed E-state index contributed by atoms with van der Waals surface area (Å²) in [7, 11) is 0. The van der Waals surface area contributed by atoms with Gasteiger partial charge in [0, 0.05) is 44.9 Å². The third-order valence-corrected chi connectivity index (χ3v) is 7.33. The van der Waals surface area contributed by atoms with Crippen LogP contribution in [0.3, 0.4) is 0 Å². The highest BCUT2D eigenvalue weighted by atomic mass is 16.5. The number of fused-ring (bicyclic) bond motifs is 1. The molecule has 6 nitrogen and oxygen atoms in total. The molecule has 5 rings (SSSR count). The smallest absolute Gasteiger partial charge is 0.233 e. The highest BCUT2D eigenvalue weighted by molar-refractivity contribution is 5.88. The summed E-state index contributed by atoms with van der Waals surface area (Å²) in [4.78, 5) is 25.0. The van der Waals surface area contributed by atoms with E-state index in [9.17, 15) is 4.79 Å². The fraction of sp³-hybridized carbons (Fsp3) is 0.500. The van der Waals surface area contributed by atoms with Gasteiger partial charge in [-0.3, -0.25) is 9.78 Å². The van der Waals surface area contributed by atoms with Crippen LogP contribution in [0, 0.1) is 12.8 Å².